The number of benzene rings is 3. The Morgan fingerprint density at radius 3 is 2.40 bits per heavy atom. The molecule has 5 rings (SSSR count). The van der Waals surface area contributed by atoms with Crippen molar-refractivity contribution in [1.29, 1.82) is 0 Å². The third-order valence-electron chi connectivity index (χ3n) is 8.44. The van der Waals surface area contributed by atoms with E-state index in [9.17, 15) is 9.59 Å². The predicted molar refractivity (Wildman–Crippen MR) is 160 cm³/mol. The fraction of sp³-hybridized carbons (Fsp3) is 0.394. The van der Waals surface area contributed by atoms with Gasteiger partial charge < -0.3 is 14.4 Å². The molecule has 2 fully saturated rings. The van der Waals surface area contributed by atoms with Gasteiger partial charge in [-0.3, -0.25) is 14.6 Å². The van der Waals surface area contributed by atoms with Gasteiger partial charge in [-0.2, -0.15) is 0 Å². The molecule has 0 radical (unpaired) electrons. The molecule has 7 nitrogen and oxygen atoms in total. The lowest BCUT2D eigenvalue weighted by atomic mass is 9.87. The van der Waals surface area contributed by atoms with Crippen LogP contribution in [0.4, 0.5) is 9.18 Å². The van der Waals surface area contributed by atoms with Crippen LogP contribution >= 0.6 is 11.6 Å². The van der Waals surface area contributed by atoms with Gasteiger partial charge in [0, 0.05) is 56.3 Å². The van der Waals surface area contributed by atoms with E-state index in [4.69, 9.17) is 21.1 Å². The highest BCUT2D eigenvalue weighted by atomic mass is 35.5. The van der Waals surface area contributed by atoms with Gasteiger partial charge in [0.2, 0.25) is 5.91 Å². The Morgan fingerprint density at radius 1 is 0.952 bits per heavy atom. The first-order valence-corrected chi connectivity index (χ1v) is 14.7. The molecule has 3 unspecified atom stereocenters. The molecule has 2 aliphatic rings. The van der Waals surface area contributed by atoms with Crippen molar-refractivity contribution in [2.24, 2.45) is 5.92 Å². The zero-order valence-electron chi connectivity index (χ0n) is 24.0. The Bertz CT molecular complexity index is 1370. The van der Waals surface area contributed by atoms with Crippen LogP contribution < -0.4 is 4.74 Å². The average molecular weight is 594 g/mol. The molecule has 0 aromatic heterocycles. The second-order valence-electron chi connectivity index (χ2n) is 11.0. The molecule has 42 heavy (non-hydrogen) atoms. The molecule has 2 heterocycles. The van der Waals surface area contributed by atoms with Crippen LogP contribution in [0.2, 0.25) is 5.02 Å². The topological polar surface area (TPSA) is 62.3 Å². The number of methoxy groups -OCH3 is 2. The molecule has 0 bridgehead atoms. The molecular formula is C33H37ClFN3O4. The number of hydrogen-bond donors (Lipinski definition) is 0. The van der Waals surface area contributed by atoms with E-state index in [0.29, 0.717) is 68.4 Å². The summed E-state index contributed by atoms with van der Waals surface area (Å²) in [5, 5.41) is 0.631. The van der Waals surface area contributed by atoms with Gasteiger partial charge in [0.25, 0.3) is 0 Å². The van der Waals surface area contributed by atoms with E-state index in [2.05, 4.69) is 17.0 Å². The summed E-state index contributed by atoms with van der Waals surface area (Å²) in [6.07, 6.45) is 0.938. The summed E-state index contributed by atoms with van der Waals surface area (Å²) in [7, 11) is 2.88. The molecule has 3 aromatic carbocycles. The Balaban J connectivity index is 1.37. The lowest BCUT2D eigenvalue weighted by molar-refractivity contribution is -0.136. The Kier molecular flexibility index (Phi) is 9.65. The van der Waals surface area contributed by atoms with Gasteiger partial charge in [-0.05, 0) is 47.7 Å². The van der Waals surface area contributed by atoms with Crippen LogP contribution in [-0.4, -0.2) is 73.6 Å². The molecule has 3 aromatic rings. The lowest BCUT2D eigenvalue weighted by Gasteiger charge is -2.37. The van der Waals surface area contributed by atoms with Crippen molar-refractivity contribution in [3.8, 4) is 5.75 Å². The van der Waals surface area contributed by atoms with Gasteiger partial charge in [-0.25, -0.2) is 9.18 Å². The van der Waals surface area contributed by atoms with Crippen molar-refractivity contribution in [3.63, 3.8) is 0 Å². The molecule has 2 amide bonds. The maximum absolute atomic E-state index is 15.4. The van der Waals surface area contributed by atoms with E-state index in [-0.39, 0.29) is 23.7 Å². The smallest absolute Gasteiger partial charge is 0.410 e. The second-order valence-corrected chi connectivity index (χ2v) is 11.4. The number of carbonyl (C=O) groups excluding carboxylic acids is 2. The van der Waals surface area contributed by atoms with Crippen molar-refractivity contribution >= 4 is 23.6 Å². The second kappa shape index (κ2) is 13.6. The summed E-state index contributed by atoms with van der Waals surface area (Å²) in [6.45, 7) is 3.02. The largest absolute Gasteiger partial charge is 0.497 e. The van der Waals surface area contributed by atoms with E-state index < -0.39 is 12.0 Å². The van der Waals surface area contributed by atoms with Gasteiger partial charge in [0.15, 0.2) is 0 Å². The summed E-state index contributed by atoms with van der Waals surface area (Å²) in [4.78, 5) is 32.9. The predicted octanol–water partition coefficient (Wildman–Crippen LogP) is 6.14. The monoisotopic (exact) mass is 593 g/mol. The van der Waals surface area contributed by atoms with Gasteiger partial charge >= 0.3 is 6.09 Å². The highest BCUT2D eigenvalue weighted by Gasteiger charge is 2.42. The van der Waals surface area contributed by atoms with Crippen LogP contribution in [0.5, 0.6) is 5.75 Å². The van der Waals surface area contributed by atoms with Crippen LogP contribution in [0.1, 0.15) is 41.5 Å². The lowest BCUT2D eigenvalue weighted by Crippen LogP contribution is -2.47. The normalized spacial score (nSPS) is 21.5. The zero-order chi connectivity index (χ0) is 29.6. The number of rotatable bonds is 6. The Labute approximate surface area is 251 Å². The molecule has 0 saturated carbocycles. The van der Waals surface area contributed by atoms with Gasteiger partial charge in [0.05, 0.1) is 26.2 Å². The third kappa shape index (κ3) is 6.71. The molecular weight excluding hydrogens is 557 g/mol. The number of halogens is 2. The molecule has 222 valence electrons. The Morgan fingerprint density at radius 2 is 1.71 bits per heavy atom. The minimum Gasteiger partial charge on any atom is -0.497 e. The van der Waals surface area contributed by atoms with E-state index in [0.717, 1.165) is 11.1 Å². The first-order chi connectivity index (χ1) is 20.4. The van der Waals surface area contributed by atoms with Crippen molar-refractivity contribution in [2.45, 2.75) is 31.3 Å². The Hall–Kier alpha value is -3.62. The number of hydrogen-bond acceptors (Lipinski definition) is 5. The number of amides is 2. The first kappa shape index (κ1) is 29.9. The molecule has 3 atom stereocenters. The summed E-state index contributed by atoms with van der Waals surface area (Å²) in [5.74, 6) is -0.666. The maximum Gasteiger partial charge on any atom is 0.410 e. The number of ether oxygens (including phenoxy) is 2. The summed E-state index contributed by atoms with van der Waals surface area (Å²) < 4.78 is 25.7. The van der Waals surface area contributed by atoms with E-state index in [1.165, 1.54) is 20.3 Å². The average Bonchev–Trinajstić information content (AvgIpc) is 3.41. The standard InChI is InChI=1S/C33H37ClFN3O4/c1-41-26-14-15-27(30(35)19-26)28-21-36(20-23-7-4-3-5-8-23)22-29(28)32(39)37-16-6-9-31(24-10-12-25(34)13-11-24)38(18-17-37)33(40)42-2/h3-5,7-8,10-15,19,28-29,31H,6,9,16-18,20-22H2,1-2H3. The summed E-state index contributed by atoms with van der Waals surface area (Å²) >= 11 is 6.11. The SMILES string of the molecule is COC(=O)N1CCN(C(=O)C2CN(Cc3ccccc3)CC2c2ccc(OC)cc2F)CCCC1c1ccc(Cl)cc1. The maximum atomic E-state index is 15.4. The molecule has 2 aliphatic heterocycles. The van der Waals surface area contributed by atoms with Gasteiger partial charge in [-0.15, -0.1) is 0 Å². The van der Waals surface area contributed by atoms with E-state index in [1.54, 1.807) is 17.0 Å². The van der Waals surface area contributed by atoms with Crippen molar-refractivity contribution < 1.29 is 23.5 Å². The van der Waals surface area contributed by atoms with Crippen molar-refractivity contribution in [3.05, 3.63) is 100 Å². The summed E-state index contributed by atoms with van der Waals surface area (Å²) in [5.41, 5.74) is 2.65. The number of likely N-dealkylation sites (tertiary alicyclic amines) is 1. The fourth-order valence-corrected chi connectivity index (χ4v) is 6.43. The molecule has 9 heteroatoms. The zero-order valence-corrected chi connectivity index (χ0v) is 24.8. The van der Waals surface area contributed by atoms with Gasteiger partial charge in [-0.1, -0.05) is 60.1 Å². The number of nitrogens with zero attached hydrogens (tertiary/aromatic N) is 3. The highest BCUT2D eigenvalue weighted by molar-refractivity contribution is 6.30. The molecule has 2 saturated heterocycles. The van der Waals surface area contributed by atoms with Crippen LogP contribution in [0.15, 0.2) is 72.8 Å². The fourth-order valence-electron chi connectivity index (χ4n) is 6.31. The van der Waals surface area contributed by atoms with Crippen LogP contribution in [0.25, 0.3) is 0 Å². The van der Waals surface area contributed by atoms with Gasteiger partial charge in [0.1, 0.15) is 11.6 Å². The van der Waals surface area contributed by atoms with Crippen LogP contribution in [0.3, 0.4) is 0 Å². The third-order valence-corrected chi connectivity index (χ3v) is 8.69. The minimum absolute atomic E-state index is 0.0134. The molecule has 0 N–H and O–H groups in total. The minimum atomic E-state index is -0.433. The van der Waals surface area contributed by atoms with Crippen LogP contribution in [-0.2, 0) is 16.1 Å². The van der Waals surface area contributed by atoms with Crippen molar-refractivity contribution in [2.75, 3.05) is 46.9 Å². The van der Waals surface area contributed by atoms with E-state index >= 15 is 4.39 Å². The van der Waals surface area contributed by atoms with Crippen molar-refractivity contribution in [1.82, 2.24) is 14.7 Å². The quantitative estimate of drug-likeness (QED) is 0.344. The van der Waals surface area contributed by atoms with E-state index in [1.807, 2.05) is 47.4 Å². The number of carbonyl (C=O) groups is 2. The summed E-state index contributed by atoms with van der Waals surface area (Å²) in [6, 6.07) is 22.3. The molecule has 0 aliphatic carbocycles. The first-order valence-electron chi connectivity index (χ1n) is 14.4. The van der Waals surface area contributed by atoms with Crippen LogP contribution in [0, 0.1) is 11.7 Å². The molecule has 0 spiro atoms. The highest BCUT2D eigenvalue weighted by Crippen LogP contribution is 2.38.